The lowest BCUT2D eigenvalue weighted by Gasteiger charge is -2.16. The van der Waals surface area contributed by atoms with E-state index in [9.17, 15) is 9.59 Å². The van der Waals surface area contributed by atoms with Gasteiger partial charge in [0.05, 0.1) is 5.56 Å². The van der Waals surface area contributed by atoms with Gasteiger partial charge in [0, 0.05) is 16.8 Å². The van der Waals surface area contributed by atoms with Gasteiger partial charge in [0.15, 0.2) is 11.6 Å². The van der Waals surface area contributed by atoms with Gasteiger partial charge in [-0.1, -0.05) is 42.0 Å². The molecule has 3 nitrogen and oxygen atoms in total. The van der Waals surface area contributed by atoms with Gasteiger partial charge in [0.2, 0.25) is 0 Å². The first-order chi connectivity index (χ1) is 9.58. The Morgan fingerprint density at radius 3 is 2.35 bits per heavy atom. The van der Waals surface area contributed by atoms with Crippen molar-refractivity contribution in [1.82, 2.24) is 0 Å². The Bertz CT molecular complexity index is 755. The van der Waals surface area contributed by atoms with Crippen molar-refractivity contribution < 1.29 is 9.59 Å². The molecule has 0 unspecified atom stereocenters. The van der Waals surface area contributed by atoms with Crippen LogP contribution in [0.15, 0.2) is 48.5 Å². The summed E-state index contributed by atoms with van der Waals surface area (Å²) in [6, 6.07) is 12.5. The lowest BCUT2D eigenvalue weighted by atomic mass is 9.85. The van der Waals surface area contributed by atoms with E-state index in [0.29, 0.717) is 22.4 Å². The number of hydrogen-bond donors (Lipinski definition) is 1. The van der Waals surface area contributed by atoms with Crippen molar-refractivity contribution in [2.75, 3.05) is 5.73 Å². The average Bonchev–Trinajstić information content (AvgIpc) is 2.44. The number of ketones is 2. The summed E-state index contributed by atoms with van der Waals surface area (Å²) in [7, 11) is 0. The highest BCUT2D eigenvalue weighted by Crippen LogP contribution is 2.30. The van der Waals surface area contributed by atoms with Crippen LogP contribution in [0.2, 0.25) is 0 Å². The third-order valence-corrected chi connectivity index (χ3v) is 3.47. The van der Waals surface area contributed by atoms with Crippen molar-refractivity contribution in [2.45, 2.75) is 6.92 Å². The fourth-order valence-corrected chi connectivity index (χ4v) is 2.40. The van der Waals surface area contributed by atoms with Crippen LogP contribution in [0.1, 0.15) is 31.8 Å². The molecule has 3 rings (SSSR count). The molecule has 1 aliphatic carbocycles. The van der Waals surface area contributed by atoms with Crippen molar-refractivity contribution in [3.63, 3.8) is 0 Å². The highest BCUT2D eigenvalue weighted by Gasteiger charge is 2.27. The molecule has 0 bridgehead atoms. The highest BCUT2D eigenvalue weighted by atomic mass is 16.1. The number of anilines is 1. The average molecular weight is 263 g/mol. The van der Waals surface area contributed by atoms with E-state index in [4.69, 9.17) is 5.73 Å². The number of aryl methyl sites for hydroxylation is 1. The summed E-state index contributed by atoms with van der Waals surface area (Å²) in [4.78, 5) is 24.7. The number of nitrogen functional groups attached to an aromatic ring is 1. The predicted molar refractivity (Wildman–Crippen MR) is 78.7 cm³/mol. The maximum Gasteiger partial charge on any atom is 0.194 e. The van der Waals surface area contributed by atoms with Crippen molar-refractivity contribution in [3.8, 4) is 0 Å². The Labute approximate surface area is 116 Å². The Morgan fingerprint density at radius 2 is 1.65 bits per heavy atom. The fourth-order valence-electron chi connectivity index (χ4n) is 2.40. The van der Waals surface area contributed by atoms with Gasteiger partial charge in [-0.15, -0.1) is 0 Å². The van der Waals surface area contributed by atoms with Crippen LogP contribution in [0.4, 0.5) is 5.69 Å². The van der Waals surface area contributed by atoms with E-state index < -0.39 is 0 Å². The van der Waals surface area contributed by atoms with Gasteiger partial charge < -0.3 is 5.73 Å². The summed E-state index contributed by atoms with van der Waals surface area (Å²) in [6.07, 6.45) is 1.38. The first kappa shape index (κ1) is 12.4. The number of rotatable bonds is 1. The van der Waals surface area contributed by atoms with Crippen LogP contribution < -0.4 is 5.73 Å². The molecular weight excluding hydrogens is 250 g/mol. The van der Waals surface area contributed by atoms with E-state index in [-0.39, 0.29) is 11.6 Å². The molecule has 0 aromatic heterocycles. The van der Waals surface area contributed by atoms with Gasteiger partial charge in [0.1, 0.15) is 0 Å². The molecule has 0 amide bonds. The van der Waals surface area contributed by atoms with Crippen LogP contribution in [0.5, 0.6) is 0 Å². The molecule has 2 N–H and O–H groups in total. The third kappa shape index (κ3) is 1.84. The van der Waals surface area contributed by atoms with Crippen LogP contribution in [0.3, 0.4) is 0 Å². The second kappa shape index (κ2) is 4.46. The molecule has 0 saturated heterocycles. The van der Waals surface area contributed by atoms with Crippen LogP contribution in [0, 0.1) is 6.92 Å². The number of carbonyl (C=O) groups is 2. The van der Waals surface area contributed by atoms with Crippen molar-refractivity contribution >= 4 is 22.8 Å². The number of nitrogens with two attached hydrogens (primary N) is 1. The van der Waals surface area contributed by atoms with Crippen LogP contribution >= 0.6 is 0 Å². The number of hydrogen-bond acceptors (Lipinski definition) is 3. The first-order valence-electron chi connectivity index (χ1n) is 6.34. The summed E-state index contributed by atoms with van der Waals surface area (Å²) in [5.41, 5.74) is 9.12. The number of fused-ring (bicyclic) bond motifs is 1. The molecule has 0 radical (unpaired) electrons. The Kier molecular flexibility index (Phi) is 2.75. The molecular formula is C17H13NO2. The van der Waals surface area contributed by atoms with Gasteiger partial charge in [-0.2, -0.15) is 0 Å². The monoisotopic (exact) mass is 263 g/mol. The summed E-state index contributed by atoms with van der Waals surface area (Å²) in [5.74, 6) is -0.371. The van der Waals surface area contributed by atoms with E-state index in [1.54, 1.807) is 18.2 Å². The molecule has 2 aromatic rings. The minimum absolute atomic E-state index is 0.157. The Balaban J connectivity index is 2.15. The SMILES string of the molecule is Cc1ccc(C2=CC(=O)c3c(N)cccc3C2=O)cc1. The lowest BCUT2D eigenvalue weighted by molar-refractivity contribution is 0.100. The Morgan fingerprint density at radius 1 is 0.950 bits per heavy atom. The zero-order valence-electron chi connectivity index (χ0n) is 11.0. The molecule has 2 aromatic carbocycles. The van der Waals surface area contributed by atoms with Crippen LogP contribution in [-0.4, -0.2) is 11.6 Å². The fraction of sp³-hybridized carbons (Fsp3) is 0.0588. The molecule has 0 atom stereocenters. The van der Waals surface area contributed by atoms with Gasteiger partial charge in [-0.3, -0.25) is 9.59 Å². The lowest BCUT2D eigenvalue weighted by Crippen LogP contribution is -2.17. The molecule has 3 heteroatoms. The maximum absolute atomic E-state index is 12.5. The summed E-state index contributed by atoms with van der Waals surface area (Å²) >= 11 is 0. The van der Waals surface area contributed by atoms with Crippen molar-refractivity contribution in [1.29, 1.82) is 0 Å². The van der Waals surface area contributed by atoms with E-state index in [2.05, 4.69) is 0 Å². The largest absolute Gasteiger partial charge is 0.398 e. The van der Waals surface area contributed by atoms with Gasteiger partial charge in [-0.25, -0.2) is 0 Å². The Hall–Kier alpha value is -2.68. The molecule has 0 spiro atoms. The zero-order valence-corrected chi connectivity index (χ0v) is 11.0. The second-order valence-electron chi connectivity index (χ2n) is 4.89. The zero-order chi connectivity index (χ0) is 14.3. The minimum atomic E-state index is -0.215. The number of Topliss-reactive ketones (excluding diaryl/α,β-unsaturated/α-hetero) is 1. The van der Waals surface area contributed by atoms with Gasteiger partial charge in [-0.05, 0) is 24.6 Å². The minimum Gasteiger partial charge on any atom is -0.398 e. The maximum atomic E-state index is 12.5. The normalized spacial score (nSPS) is 13.9. The smallest absolute Gasteiger partial charge is 0.194 e. The number of carbonyl (C=O) groups excluding carboxylic acids is 2. The summed E-state index contributed by atoms with van der Waals surface area (Å²) in [6.45, 7) is 1.97. The predicted octanol–water partition coefficient (Wildman–Crippen LogP) is 3.04. The van der Waals surface area contributed by atoms with Crippen molar-refractivity contribution in [2.24, 2.45) is 0 Å². The van der Waals surface area contributed by atoms with E-state index in [0.717, 1.165) is 11.1 Å². The van der Waals surface area contributed by atoms with Gasteiger partial charge in [0.25, 0.3) is 0 Å². The molecule has 0 aliphatic heterocycles. The molecule has 20 heavy (non-hydrogen) atoms. The van der Waals surface area contributed by atoms with Crippen LogP contribution in [-0.2, 0) is 0 Å². The summed E-state index contributed by atoms with van der Waals surface area (Å²) < 4.78 is 0. The molecule has 98 valence electrons. The molecule has 0 fully saturated rings. The molecule has 1 aliphatic rings. The van der Waals surface area contributed by atoms with E-state index in [1.165, 1.54) is 6.08 Å². The van der Waals surface area contributed by atoms with Crippen LogP contribution in [0.25, 0.3) is 5.57 Å². The second-order valence-corrected chi connectivity index (χ2v) is 4.89. The van der Waals surface area contributed by atoms with Gasteiger partial charge >= 0.3 is 0 Å². The topological polar surface area (TPSA) is 60.2 Å². The molecule has 0 saturated carbocycles. The first-order valence-corrected chi connectivity index (χ1v) is 6.34. The standard InChI is InChI=1S/C17H13NO2/c1-10-5-7-11(8-6-10)13-9-15(19)16-12(17(13)20)3-2-4-14(16)18/h2-9H,18H2,1H3. The molecule has 0 heterocycles. The van der Waals surface area contributed by atoms with Crippen molar-refractivity contribution in [3.05, 3.63) is 70.8 Å². The third-order valence-electron chi connectivity index (χ3n) is 3.47. The highest BCUT2D eigenvalue weighted by molar-refractivity contribution is 6.39. The quantitative estimate of drug-likeness (QED) is 0.804. The number of benzene rings is 2. The number of allylic oxidation sites excluding steroid dienone is 2. The summed E-state index contributed by atoms with van der Waals surface area (Å²) in [5, 5.41) is 0. The van der Waals surface area contributed by atoms with E-state index in [1.807, 2.05) is 31.2 Å². The van der Waals surface area contributed by atoms with E-state index >= 15 is 0 Å².